The number of nitrogens with zero attached hydrogens (tertiary/aromatic N) is 4. The van der Waals surface area contributed by atoms with E-state index in [4.69, 9.17) is 16.3 Å². The van der Waals surface area contributed by atoms with Crippen molar-refractivity contribution in [1.82, 2.24) is 19.9 Å². The van der Waals surface area contributed by atoms with E-state index < -0.39 is 24.7 Å². The number of alkyl halides is 3. The van der Waals surface area contributed by atoms with E-state index in [0.29, 0.717) is 19.4 Å². The van der Waals surface area contributed by atoms with E-state index in [1.165, 1.54) is 12.3 Å². The van der Waals surface area contributed by atoms with Crippen LogP contribution in [-0.2, 0) is 4.74 Å². The number of hydrogen-bond acceptors (Lipinski definition) is 4. The lowest BCUT2D eigenvalue weighted by Crippen LogP contribution is -2.48. The zero-order valence-electron chi connectivity index (χ0n) is 14.3. The Labute approximate surface area is 157 Å². The van der Waals surface area contributed by atoms with Crippen molar-refractivity contribution in [2.45, 2.75) is 44.0 Å². The van der Waals surface area contributed by atoms with Gasteiger partial charge in [0.2, 0.25) is 0 Å². The van der Waals surface area contributed by atoms with Crippen molar-refractivity contribution < 1.29 is 22.7 Å². The third kappa shape index (κ3) is 3.31. The van der Waals surface area contributed by atoms with Crippen LogP contribution in [0.3, 0.4) is 0 Å². The number of ether oxygens (including phenoxy) is 1. The molecule has 4 heterocycles. The van der Waals surface area contributed by atoms with E-state index in [-0.39, 0.29) is 34.3 Å². The molecule has 0 aromatic carbocycles. The Morgan fingerprint density at radius 3 is 2.93 bits per heavy atom. The minimum absolute atomic E-state index is 0.00894. The number of carbonyl (C=O) groups excluding carboxylic acids is 1. The highest BCUT2D eigenvalue weighted by Gasteiger charge is 2.50. The molecule has 1 N–H and O–H groups in total. The maximum Gasteiger partial charge on any atom is 0.399 e. The van der Waals surface area contributed by atoms with E-state index in [1.807, 2.05) is 6.92 Å². The van der Waals surface area contributed by atoms with Gasteiger partial charge in [-0.1, -0.05) is 11.6 Å². The normalized spacial score (nSPS) is 25.7. The molecule has 7 nitrogen and oxygen atoms in total. The summed E-state index contributed by atoms with van der Waals surface area (Å²) in [6.07, 6.45) is -2.05. The number of aromatic nitrogens is 3. The SMILES string of the molecule is CC1CC(NC(=O)N2CC(C(F)(F)F)c3c2cnc2cc(Cl)nn32)CCO1. The van der Waals surface area contributed by atoms with Crippen molar-refractivity contribution in [3.8, 4) is 0 Å². The Hall–Kier alpha value is -2.07. The van der Waals surface area contributed by atoms with Gasteiger partial charge in [0, 0.05) is 25.3 Å². The number of halogens is 4. The highest BCUT2D eigenvalue weighted by atomic mass is 35.5. The van der Waals surface area contributed by atoms with Gasteiger partial charge in [0.1, 0.15) is 5.92 Å². The fourth-order valence-corrected chi connectivity index (χ4v) is 3.82. The van der Waals surface area contributed by atoms with Crippen LogP contribution >= 0.6 is 11.6 Å². The summed E-state index contributed by atoms with van der Waals surface area (Å²) in [6.45, 7) is 1.87. The molecular weight excluding hydrogens is 387 g/mol. The molecule has 27 heavy (non-hydrogen) atoms. The lowest BCUT2D eigenvalue weighted by molar-refractivity contribution is -0.147. The van der Waals surface area contributed by atoms with Crippen LogP contribution in [0.2, 0.25) is 5.15 Å². The topological polar surface area (TPSA) is 71.8 Å². The van der Waals surface area contributed by atoms with Crippen LogP contribution < -0.4 is 10.2 Å². The molecule has 0 bridgehead atoms. The molecule has 146 valence electrons. The number of amides is 2. The van der Waals surface area contributed by atoms with Crippen molar-refractivity contribution >= 4 is 29.0 Å². The van der Waals surface area contributed by atoms with Crippen molar-refractivity contribution in [2.24, 2.45) is 0 Å². The number of urea groups is 1. The highest BCUT2D eigenvalue weighted by molar-refractivity contribution is 6.29. The summed E-state index contributed by atoms with van der Waals surface area (Å²) in [5.41, 5.74) is 0.158. The molecule has 3 unspecified atom stereocenters. The molecule has 1 saturated heterocycles. The number of anilines is 1. The summed E-state index contributed by atoms with van der Waals surface area (Å²) in [4.78, 5) is 17.9. The van der Waals surface area contributed by atoms with Crippen LogP contribution in [0.5, 0.6) is 0 Å². The van der Waals surface area contributed by atoms with Gasteiger partial charge in [-0.25, -0.2) is 14.3 Å². The van der Waals surface area contributed by atoms with Gasteiger partial charge in [-0.2, -0.15) is 18.3 Å². The first-order valence-corrected chi connectivity index (χ1v) is 8.92. The Morgan fingerprint density at radius 2 is 2.22 bits per heavy atom. The molecule has 2 aromatic heterocycles. The molecular formula is C16H17ClF3N5O2. The molecule has 0 saturated carbocycles. The van der Waals surface area contributed by atoms with Gasteiger partial charge in [-0.15, -0.1) is 0 Å². The molecule has 2 aromatic rings. The first-order chi connectivity index (χ1) is 12.7. The molecule has 2 aliphatic rings. The smallest absolute Gasteiger partial charge is 0.378 e. The summed E-state index contributed by atoms with van der Waals surface area (Å²) in [5, 5.41) is 6.76. The van der Waals surface area contributed by atoms with Gasteiger partial charge in [0.05, 0.1) is 23.7 Å². The van der Waals surface area contributed by atoms with Crippen molar-refractivity contribution in [2.75, 3.05) is 18.1 Å². The maximum atomic E-state index is 13.7. The number of hydrogen-bond donors (Lipinski definition) is 1. The predicted octanol–water partition coefficient (Wildman–Crippen LogP) is 3.13. The minimum atomic E-state index is -4.54. The average molecular weight is 404 g/mol. The molecule has 0 aliphatic carbocycles. The van der Waals surface area contributed by atoms with Gasteiger partial charge in [-0.05, 0) is 19.8 Å². The predicted molar refractivity (Wildman–Crippen MR) is 91.1 cm³/mol. The van der Waals surface area contributed by atoms with Crippen LogP contribution in [0, 0.1) is 0 Å². The van der Waals surface area contributed by atoms with Gasteiger partial charge >= 0.3 is 12.2 Å². The third-order valence-corrected chi connectivity index (χ3v) is 5.09. The summed E-state index contributed by atoms with van der Waals surface area (Å²) in [7, 11) is 0. The molecule has 3 atom stereocenters. The number of nitrogens with one attached hydrogen (secondary N) is 1. The molecule has 2 amide bonds. The second-order valence-electron chi connectivity index (χ2n) is 6.82. The molecule has 2 aliphatic heterocycles. The van der Waals surface area contributed by atoms with Gasteiger partial charge in [-0.3, -0.25) is 4.90 Å². The standard InChI is InChI=1S/C16H17ClF3N5O2/c1-8-4-9(2-3-27-8)22-15(26)24-7-10(16(18,19)20)14-11(24)6-21-13-5-12(17)23-25(13)14/h5-6,8-10H,2-4,7H2,1H3,(H,22,26). The number of carbonyl (C=O) groups is 1. The number of rotatable bonds is 1. The molecule has 0 spiro atoms. The van der Waals surface area contributed by atoms with Gasteiger partial charge in [0.15, 0.2) is 10.8 Å². The monoisotopic (exact) mass is 403 g/mol. The number of fused-ring (bicyclic) bond motifs is 3. The lowest BCUT2D eigenvalue weighted by Gasteiger charge is -2.29. The maximum absolute atomic E-state index is 13.7. The minimum Gasteiger partial charge on any atom is -0.378 e. The van der Waals surface area contributed by atoms with Crippen molar-refractivity contribution in [3.63, 3.8) is 0 Å². The second kappa shape index (κ2) is 6.52. The Kier molecular flexibility index (Phi) is 4.42. The fraction of sp³-hybridized carbons (Fsp3) is 0.562. The second-order valence-corrected chi connectivity index (χ2v) is 7.21. The van der Waals surface area contributed by atoms with E-state index in [2.05, 4.69) is 15.4 Å². The van der Waals surface area contributed by atoms with E-state index in [0.717, 1.165) is 9.42 Å². The van der Waals surface area contributed by atoms with Crippen molar-refractivity contribution in [3.05, 3.63) is 23.1 Å². The zero-order valence-corrected chi connectivity index (χ0v) is 15.1. The largest absolute Gasteiger partial charge is 0.399 e. The molecule has 1 fully saturated rings. The fourth-order valence-electron chi connectivity index (χ4n) is 3.65. The van der Waals surface area contributed by atoms with Crippen LogP contribution in [0.4, 0.5) is 23.7 Å². The van der Waals surface area contributed by atoms with E-state index in [1.54, 1.807) is 0 Å². The van der Waals surface area contributed by atoms with E-state index >= 15 is 0 Å². The molecule has 0 radical (unpaired) electrons. The molecule has 4 rings (SSSR count). The van der Waals surface area contributed by atoms with Crippen LogP contribution in [-0.4, -0.2) is 52.1 Å². The van der Waals surface area contributed by atoms with Crippen LogP contribution in [0.15, 0.2) is 12.3 Å². The Bertz CT molecular complexity index is 887. The molecule has 11 heteroatoms. The summed E-state index contributed by atoms with van der Waals surface area (Å²) in [5.74, 6) is -1.87. The first kappa shape index (κ1) is 18.3. The van der Waals surface area contributed by atoms with Gasteiger partial charge < -0.3 is 10.1 Å². The summed E-state index contributed by atoms with van der Waals surface area (Å²) in [6, 6.07) is 0.647. The average Bonchev–Trinajstić information content (AvgIpc) is 3.13. The zero-order chi connectivity index (χ0) is 19.3. The lowest BCUT2D eigenvalue weighted by atomic mass is 10.0. The van der Waals surface area contributed by atoms with Crippen molar-refractivity contribution in [1.29, 1.82) is 0 Å². The quantitative estimate of drug-likeness (QED) is 0.794. The van der Waals surface area contributed by atoms with Crippen LogP contribution in [0.25, 0.3) is 5.65 Å². The Balaban J connectivity index is 1.68. The Morgan fingerprint density at radius 1 is 1.44 bits per heavy atom. The van der Waals surface area contributed by atoms with Gasteiger partial charge in [0.25, 0.3) is 0 Å². The highest BCUT2D eigenvalue weighted by Crippen LogP contribution is 2.45. The van der Waals surface area contributed by atoms with Crippen LogP contribution in [0.1, 0.15) is 31.4 Å². The summed E-state index contributed by atoms with van der Waals surface area (Å²) < 4.78 is 47.5. The third-order valence-electron chi connectivity index (χ3n) is 4.91. The van der Waals surface area contributed by atoms with E-state index in [9.17, 15) is 18.0 Å². The first-order valence-electron chi connectivity index (χ1n) is 8.54. The summed E-state index contributed by atoms with van der Waals surface area (Å²) >= 11 is 5.83.